The second-order valence-electron chi connectivity index (χ2n) is 7.83. The van der Waals surface area contributed by atoms with Gasteiger partial charge in [-0.25, -0.2) is 0 Å². The second-order valence-corrected chi connectivity index (χ2v) is 7.83. The summed E-state index contributed by atoms with van der Waals surface area (Å²) in [7, 11) is 0. The average molecular weight is 337 g/mol. The zero-order chi connectivity index (χ0) is 18.6. The number of hydrogen-bond donors (Lipinski definition) is 2. The summed E-state index contributed by atoms with van der Waals surface area (Å²) >= 11 is 0. The van der Waals surface area contributed by atoms with Crippen molar-refractivity contribution in [3.63, 3.8) is 0 Å². The van der Waals surface area contributed by atoms with Gasteiger partial charge in [0.2, 0.25) is 0 Å². The van der Waals surface area contributed by atoms with Gasteiger partial charge < -0.3 is 10.2 Å². The minimum atomic E-state index is 0.170. The van der Waals surface area contributed by atoms with Crippen LogP contribution in [0.25, 0.3) is 0 Å². The van der Waals surface area contributed by atoms with Gasteiger partial charge in [-0.1, -0.05) is 0 Å². The smallest absolute Gasteiger partial charge is 0.123 e. The highest BCUT2D eigenvalue weighted by atomic mass is 16.3. The van der Waals surface area contributed by atoms with Crippen molar-refractivity contribution in [2.24, 2.45) is 0 Å². The van der Waals surface area contributed by atoms with Gasteiger partial charge in [-0.05, 0) is 61.5 Å². The summed E-state index contributed by atoms with van der Waals surface area (Å²) in [6, 6.07) is 5.02. The maximum atomic E-state index is 10.3. The first-order chi connectivity index (χ1) is 11.0. The lowest BCUT2D eigenvalue weighted by molar-refractivity contribution is 0.161. The van der Waals surface area contributed by atoms with Crippen molar-refractivity contribution in [1.29, 1.82) is 0 Å². The Bertz CT molecular complexity index is 465. The van der Waals surface area contributed by atoms with Gasteiger partial charge in [0.25, 0.3) is 0 Å². The highest BCUT2D eigenvalue weighted by molar-refractivity contribution is 5.45. The van der Waals surface area contributed by atoms with Crippen LogP contribution in [0.15, 0.2) is 12.1 Å². The zero-order valence-corrected chi connectivity index (χ0v) is 16.7. The van der Waals surface area contributed by atoms with Crippen molar-refractivity contribution in [2.75, 3.05) is 0 Å². The molecule has 0 amide bonds. The summed E-state index contributed by atoms with van der Waals surface area (Å²) in [4.78, 5) is 4.66. The summed E-state index contributed by atoms with van der Waals surface area (Å²) in [6.45, 7) is 18.7. The van der Waals surface area contributed by atoms with Gasteiger partial charge in [-0.2, -0.15) is 0 Å². The number of phenols is 2. The topological polar surface area (TPSA) is 46.9 Å². The Morgan fingerprint density at radius 1 is 0.625 bits per heavy atom. The van der Waals surface area contributed by atoms with Crippen LogP contribution in [0.1, 0.15) is 66.5 Å². The van der Waals surface area contributed by atoms with Crippen LogP contribution in [0.4, 0.5) is 0 Å². The molecule has 0 atom stereocenters. The van der Waals surface area contributed by atoms with Gasteiger partial charge in [0.15, 0.2) is 0 Å². The first-order valence-corrected chi connectivity index (χ1v) is 9.09. The number of benzene rings is 1. The minimum absolute atomic E-state index is 0.170. The van der Waals surface area contributed by atoms with E-state index in [-0.39, 0.29) is 11.5 Å². The van der Waals surface area contributed by atoms with E-state index in [0.29, 0.717) is 37.3 Å². The van der Waals surface area contributed by atoms with Gasteiger partial charge in [-0.3, -0.25) is 9.80 Å². The fourth-order valence-corrected chi connectivity index (χ4v) is 3.24. The number of rotatable bonds is 8. The molecule has 0 aromatic heterocycles. The largest absolute Gasteiger partial charge is 0.507 e. The van der Waals surface area contributed by atoms with Crippen LogP contribution in [-0.4, -0.2) is 44.2 Å². The average Bonchev–Trinajstić information content (AvgIpc) is 2.43. The molecule has 0 bridgehead atoms. The number of nitrogens with zero attached hydrogens (tertiary/aromatic N) is 2. The molecule has 1 aromatic carbocycles. The van der Waals surface area contributed by atoms with Crippen molar-refractivity contribution in [2.45, 2.75) is 92.6 Å². The number of hydrogen-bond acceptors (Lipinski definition) is 4. The quantitative estimate of drug-likeness (QED) is 0.741. The van der Waals surface area contributed by atoms with E-state index in [1.54, 1.807) is 0 Å². The third kappa shape index (κ3) is 5.38. The molecular formula is C20H36N2O2. The SMILES string of the molecule is CC(C)N(Cc1cc(CN(C(C)C)C(C)C)c(O)cc1O)C(C)C. The molecule has 2 N–H and O–H groups in total. The van der Waals surface area contributed by atoms with E-state index in [2.05, 4.69) is 65.2 Å². The molecule has 0 aliphatic carbocycles. The van der Waals surface area contributed by atoms with E-state index < -0.39 is 0 Å². The molecular weight excluding hydrogens is 300 g/mol. The standard InChI is InChI=1S/C20H36N2O2/c1-13(2)21(14(3)4)11-17-9-18(20(24)10-19(17)23)12-22(15(5)6)16(7)8/h9-10,13-16,23-24H,11-12H2,1-8H3. The maximum absolute atomic E-state index is 10.3. The summed E-state index contributed by atoms with van der Waals surface area (Å²) < 4.78 is 0. The molecule has 0 fully saturated rings. The molecule has 0 spiro atoms. The summed E-state index contributed by atoms with van der Waals surface area (Å²) in [5.41, 5.74) is 1.75. The van der Waals surface area contributed by atoms with Crippen LogP contribution in [0.2, 0.25) is 0 Å². The van der Waals surface area contributed by atoms with Crippen molar-refractivity contribution >= 4 is 0 Å². The molecule has 0 saturated carbocycles. The first kappa shape index (κ1) is 20.8. The van der Waals surface area contributed by atoms with Crippen LogP contribution < -0.4 is 0 Å². The molecule has 0 unspecified atom stereocenters. The molecule has 4 nitrogen and oxygen atoms in total. The van der Waals surface area contributed by atoms with Gasteiger partial charge in [0.05, 0.1) is 0 Å². The van der Waals surface area contributed by atoms with Crippen molar-refractivity contribution in [3.05, 3.63) is 23.3 Å². The van der Waals surface area contributed by atoms with Crippen LogP contribution in [0, 0.1) is 0 Å². The lowest BCUT2D eigenvalue weighted by Crippen LogP contribution is -2.37. The number of phenolic OH excluding ortho intramolecular Hbond substituents is 2. The molecule has 4 heteroatoms. The van der Waals surface area contributed by atoms with Crippen molar-refractivity contribution in [3.8, 4) is 11.5 Å². The van der Waals surface area contributed by atoms with E-state index >= 15 is 0 Å². The van der Waals surface area contributed by atoms with Crippen LogP contribution >= 0.6 is 0 Å². The van der Waals surface area contributed by atoms with E-state index in [4.69, 9.17) is 0 Å². The fourth-order valence-electron chi connectivity index (χ4n) is 3.24. The third-order valence-electron chi connectivity index (χ3n) is 4.64. The predicted molar refractivity (Wildman–Crippen MR) is 101 cm³/mol. The Kier molecular flexibility index (Phi) is 7.56. The third-order valence-corrected chi connectivity index (χ3v) is 4.64. The second kappa shape index (κ2) is 8.72. The van der Waals surface area contributed by atoms with E-state index in [1.807, 2.05) is 6.07 Å². The Balaban J connectivity index is 3.12. The zero-order valence-electron chi connectivity index (χ0n) is 16.7. The van der Waals surface area contributed by atoms with Crippen molar-refractivity contribution < 1.29 is 10.2 Å². The Hall–Kier alpha value is -1.26. The summed E-state index contributed by atoms with van der Waals surface area (Å²) in [6.07, 6.45) is 0. The van der Waals surface area contributed by atoms with Gasteiger partial charge >= 0.3 is 0 Å². The monoisotopic (exact) mass is 336 g/mol. The molecule has 0 saturated heterocycles. The highest BCUT2D eigenvalue weighted by Crippen LogP contribution is 2.31. The summed E-state index contributed by atoms with van der Waals surface area (Å²) in [5, 5.41) is 20.6. The van der Waals surface area contributed by atoms with E-state index in [1.165, 1.54) is 6.07 Å². The van der Waals surface area contributed by atoms with Gasteiger partial charge in [-0.15, -0.1) is 0 Å². The minimum Gasteiger partial charge on any atom is -0.507 e. The summed E-state index contributed by atoms with van der Waals surface area (Å²) in [5.74, 6) is 0.339. The van der Waals surface area contributed by atoms with Crippen molar-refractivity contribution in [1.82, 2.24) is 9.80 Å². The van der Waals surface area contributed by atoms with Gasteiger partial charge in [0.1, 0.15) is 11.5 Å². The Morgan fingerprint density at radius 3 is 1.17 bits per heavy atom. The Labute approximate surface area is 148 Å². The molecule has 0 aliphatic heterocycles. The highest BCUT2D eigenvalue weighted by Gasteiger charge is 2.20. The lowest BCUT2D eigenvalue weighted by Gasteiger charge is -2.32. The lowest BCUT2D eigenvalue weighted by atomic mass is 10.0. The molecule has 0 aliphatic rings. The molecule has 24 heavy (non-hydrogen) atoms. The van der Waals surface area contributed by atoms with Gasteiger partial charge in [0, 0.05) is 54.5 Å². The van der Waals surface area contributed by atoms with E-state index in [9.17, 15) is 10.2 Å². The normalized spacial score (nSPS) is 12.6. The first-order valence-electron chi connectivity index (χ1n) is 9.09. The molecule has 1 rings (SSSR count). The fraction of sp³-hybridized carbons (Fsp3) is 0.700. The Morgan fingerprint density at radius 2 is 0.917 bits per heavy atom. The van der Waals surface area contributed by atoms with Crippen LogP contribution in [-0.2, 0) is 13.1 Å². The molecule has 0 heterocycles. The molecule has 138 valence electrons. The van der Waals surface area contributed by atoms with E-state index in [0.717, 1.165) is 11.1 Å². The molecule has 1 aromatic rings. The number of aromatic hydroxyl groups is 2. The maximum Gasteiger partial charge on any atom is 0.123 e. The molecule has 0 radical (unpaired) electrons. The van der Waals surface area contributed by atoms with Crippen LogP contribution in [0.3, 0.4) is 0 Å². The van der Waals surface area contributed by atoms with Crippen LogP contribution in [0.5, 0.6) is 11.5 Å². The predicted octanol–water partition coefficient (Wildman–Crippen LogP) is 4.34.